The van der Waals surface area contributed by atoms with Crippen LogP contribution in [0.5, 0.6) is 11.5 Å². The van der Waals surface area contributed by atoms with Gasteiger partial charge in [0.2, 0.25) is 0 Å². The molecule has 0 radical (unpaired) electrons. The normalized spacial score (nSPS) is 9.93. The minimum Gasteiger partial charge on any atom is -0.456 e. The highest BCUT2D eigenvalue weighted by molar-refractivity contribution is 14.1. The Morgan fingerprint density at radius 3 is 2.53 bits per heavy atom. The summed E-state index contributed by atoms with van der Waals surface area (Å²) in [6.07, 6.45) is 0.825. The van der Waals surface area contributed by atoms with Gasteiger partial charge in [-0.25, -0.2) is 0 Å². The van der Waals surface area contributed by atoms with Crippen molar-refractivity contribution in [2.75, 3.05) is 0 Å². The molecule has 1 heterocycles. The Hall–Kier alpha value is -0.880. The van der Waals surface area contributed by atoms with Crippen LogP contribution in [0.1, 0.15) is 9.67 Å². The lowest BCUT2D eigenvalue weighted by Crippen LogP contribution is -1.81. The van der Waals surface area contributed by atoms with Crippen LogP contribution in [-0.4, -0.2) is 6.29 Å². The highest BCUT2D eigenvalue weighted by Gasteiger charge is 2.01. The largest absolute Gasteiger partial charge is 0.456 e. The molecular formula is C11H7IO2S. The highest BCUT2D eigenvalue weighted by atomic mass is 127. The molecule has 4 heteroatoms. The van der Waals surface area contributed by atoms with E-state index in [0.29, 0.717) is 10.6 Å². The van der Waals surface area contributed by atoms with Crippen molar-refractivity contribution >= 4 is 40.2 Å². The minimum absolute atomic E-state index is 0.676. The lowest BCUT2D eigenvalue weighted by atomic mass is 10.3. The fourth-order valence-corrected chi connectivity index (χ4v) is 2.06. The average Bonchev–Trinajstić information content (AvgIpc) is 2.69. The summed E-state index contributed by atoms with van der Waals surface area (Å²) in [6, 6.07) is 9.49. The Balaban J connectivity index is 2.14. The van der Waals surface area contributed by atoms with E-state index in [9.17, 15) is 4.79 Å². The molecule has 0 amide bonds. The molecule has 0 spiro atoms. The Bertz CT molecular complexity index is 462. The van der Waals surface area contributed by atoms with Crippen LogP contribution < -0.4 is 4.74 Å². The van der Waals surface area contributed by atoms with Gasteiger partial charge in [0.05, 0.1) is 4.88 Å². The van der Waals surface area contributed by atoms with Crippen molar-refractivity contribution in [3.63, 3.8) is 0 Å². The predicted molar refractivity (Wildman–Crippen MR) is 68.9 cm³/mol. The van der Waals surface area contributed by atoms with Gasteiger partial charge >= 0.3 is 0 Å². The van der Waals surface area contributed by atoms with Crippen LogP contribution in [0.15, 0.2) is 35.7 Å². The van der Waals surface area contributed by atoms with Crippen LogP contribution in [0, 0.1) is 3.57 Å². The number of rotatable bonds is 3. The van der Waals surface area contributed by atoms with Crippen molar-refractivity contribution in [2.45, 2.75) is 0 Å². The number of carbonyl (C=O) groups is 1. The second kappa shape index (κ2) is 4.76. The molecule has 0 unspecified atom stereocenters. The first-order valence-electron chi connectivity index (χ1n) is 4.25. The Morgan fingerprint density at radius 1 is 1.20 bits per heavy atom. The van der Waals surface area contributed by atoms with Crippen molar-refractivity contribution in [1.82, 2.24) is 0 Å². The van der Waals surface area contributed by atoms with Gasteiger partial charge in [-0.05, 0) is 46.9 Å². The van der Waals surface area contributed by atoms with Crippen LogP contribution >= 0.6 is 33.9 Å². The van der Waals surface area contributed by atoms with Gasteiger partial charge in [-0.15, -0.1) is 11.3 Å². The second-order valence-corrected chi connectivity index (χ2v) is 5.05. The standard InChI is InChI=1S/C11H7IO2S/c12-8-1-3-9(4-2-8)14-10-5-11(6-13)15-7-10/h1-7H. The number of thiophene rings is 1. The van der Waals surface area contributed by atoms with Gasteiger partial charge < -0.3 is 4.74 Å². The summed E-state index contributed by atoms with van der Waals surface area (Å²) in [5.41, 5.74) is 0. The van der Waals surface area contributed by atoms with Crippen LogP contribution in [-0.2, 0) is 0 Å². The van der Waals surface area contributed by atoms with Gasteiger partial charge in [0.1, 0.15) is 11.5 Å². The molecule has 76 valence electrons. The monoisotopic (exact) mass is 330 g/mol. The average molecular weight is 330 g/mol. The molecule has 0 aliphatic heterocycles. The maximum Gasteiger partial charge on any atom is 0.160 e. The van der Waals surface area contributed by atoms with Gasteiger partial charge in [0, 0.05) is 15.0 Å². The third-order valence-corrected chi connectivity index (χ3v) is 3.32. The number of benzene rings is 1. The Labute approximate surface area is 105 Å². The summed E-state index contributed by atoms with van der Waals surface area (Å²) in [7, 11) is 0. The fourth-order valence-electron chi connectivity index (χ4n) is 1.09. The topological polar surface area (TPSA) is 26.3 Å². The number of hydrogen-bond acceptors (Lipinski definition) is 3. The number of hydrogen-bond donors (Lipinski definition) is 0. The Morgan fingerprint density at radius 2 is 1.93 bits per heavy atom. The van der Waals surface area contributed by atoms with E-state index in [1.807, 2.05) is 29.6 Å². The number of halogens is 1. The van der Waals surface area contributed by atoms with Gasteiger partial charge in [-0.2, -0.15) is 0 Å². The summed E-state index contributed by atoms with van der Waals surface area (Å²) in [5, 5.41) is 1.82. The van der Waals surface area contributed by atoms with Gasteiger partial charge in [-0.1, -0.05) is 0 Å². The molecule has 2 nitrogen and oxygen atoms in total. The zero-order chi connectivity index (χ0) is 10.7. The first-order chi connectivity index (χ1) is 7.28. The van der Waals surface area contributed by atoms with Crippen molar-refractivity contribution < 1.29 is 9.53 Å². The predicted octanol–water partition coefficient (Wildman–Crippen LogP) is 3.96. The molecule has 0 N–H and O–H groups in total. The molecule has 0 saturated carbocycles. The third kappa shape index (κ3) is 2.79. The summed E-state index contributed by atoms with van der Waals surface area (Å²) < 4.78 is 6.73. The molecule has 0 atom stereocenters. The number of carbonyl (C=O) groups excluding carboxylic acids is 1. The molecule has 0 saturated heterocycles. The zero-order valence-corrected chi connectivity index (χ0v) is 10.6. The van der Waals surface area contributed by atoms with E-state index in [1.165, 1.54) is 14.9 Å². The van der Waals surface area contributed by atoms with Crippen LogP contribution in [0.2, 0.25) is 0 Å². The SMILES string of the molecule is O=Cc1cc(Oc2ccc(I)cc2)cs1. The van der Waals surface area contributed by atoms with Crippen LogP contribution in [0.25, 0.3) is 0 Å². The summed E-state index contributed by atoms with van der Waals surface area (Å²) >= 11 is 3.62. The summed E-state index contributed by atoms with van der Waals surface area (Å²) in [4.78, 5) is 11.1. The van der Waals surface area contributed by atoms with Crippen LogP contribution in [0.3, 0.4) is 0 Å². The molecule has 0 bridgehead atoms. The van der Waals surface area contributed by atoms with Crippen LogP contribution in [0.4, 0.5) is 0 Å². The van der Waals surface area contributed by atoms with E-state index in [0.717, 1.165) is 12.0 Å². The molecule has 1 aromatic carbocycles. The van der Waals surface area contributed by atoms with E-state index >= 15 is 0 Å². The first-order valence-corrected chi connectivity index (χ1v) is 6.21. The van der Waals surface area contributed by atoms with Crippen molar-refractivity contribution in [1.29, 1.82) is 0 Å². The van der Waals surface area contributed by atoms with E-state index in [-0.39, 0.29) is 0 Å². The molecule has 2 aromatic rings. The van der Waals surface area contributed by atoms with Gasteiger partial charge in [0.15, 0.2) is 6.29 Å². The fraction of sp³-hybridized carbons (Fsp3) is 0. The Kier molecular flexibility index (Phi) is 3.37. The van der Waals surface area contributed by atoms with E-state index < -0.39 is 0 Å². The first kappa shape index (κ1) is 10.6. The quantitative estimate of drug-likeness (QED) is 0.629. The molecule has 2 rings (SSSR count). The molecule has 0 fully saturated rings. The maximum absolute atomic E-state index is 10.5. The smallest absolute Gasteiger partial charge is 0.160 e. The van der Waals surface area contributed by atoms with Crippen molar-refractivity contribution in [2.24, 2.45) is 0 Å². The lowest BCUT2D eigenvalue weighted by Gasteiger charge is -2.02. The van der Waals surface area contributed by atoms with E-state index in [1.54, 1.807) is 6.07 Å². The minimum atomic E-state index is 0.676. The maximum atomic E-state index is 10.5. The van der Waals surface area contributed by atoms with Gasteiger partial charge in [0.25, 0.3) is 0 Å². The summed E-state index contributed by atoms with van der Waals surface area (Å²) in [6.45, 7) is 0. The second-order valence-electron chi connectivity index (χ2n) is 2.86. The molecule has 0 aliphatic carbocycles. The number of aldehydes is 1. The van der Waals surface area contributed by atoms with Crippen molar-refractivity contribution in [3.8, 4) is 11.5 Å². The lowest BCUT2D eigenvalue weighted by molar-refractivity contribution is 0.112. The van der Waals surface area contributed by atoms with E-state index in [2.05, 4.69) is 22.6 Å². The summed E-state index contributed by atoms with van der Waals surface area (Å²) in [5.74, 6) is 1.49. The van der Waals surface area contributed by atoms with Gasteiger partial charge in [-0.3, -0.25) is 4.79 Å². The molecular weight excluding hydrogens is 323 g/mol. The third-order valence-electron chi connectivity index (χ3n) is 1.76. The molecule has 0 aliphatic rings. The zero-order valence-electron chi connectivity index (χ0n) is 7.64. The number of ether oxygens (including phenoxy) is 1. The highest BCUT2D eigenvalue weighted by Crippen LogP contribution is 2.26. The molecule has 1 aromatic heterocycles. The molecule has 15 heavy (non-hydrogen) atoms. The van der Waals surface area contributed by atoms with Crippen molar-refractivity contribution in [3.05, 3.63) is 44.2 Å². The van der Waals surface area contributed by atoms with E-state index in [4.69, 9.17) is 4.74 Å².